The van der Waals surface area contributed by atoms with E-state index in [0.29, 0.717) is 5.56 Å². The van der Waals surface area contributed by atoms with E-state index in [1.165, 1.54) is 18.2 Å². The van der Waals surface area contributed by atoms with Crippen molar-refractivity contribution in [2.75, 3.05) is 7.11 Å². The summed E-state index contributed by atoms with van der Waals surface area (Å²) in [6.07, 6.45) is 0.250. The molecule has 108 valence electrons. The third-order valence-corrected chi connectivity index (χ3v) is 3.15. The summed E-state index contributed by atoms with van der Waals surface area (Å²) >= 11 is 0. The van der Waals surface area contributed by atoms with Gasteiger partial charge in [-0.05, 0) is 48.2 Å². The molecule has 0 aromatic heterocycles. The number of hydrogen-bond donors (Lipinski definition) is 0. The number of hydrogen-bond acceptors (Lipinski definition) is 4. The number of carbonyl (C=O) groups is 1. The largest absolute Gasteiger partial charge is 0.465 e. The van der Waals surface area contributed by atoms with Crippen LogP contribution in [-0.2, 0) is 14.3 Å². The molecule has 21 heavy (non-hydrogen) atoms. The maximum Gasteiger partial charge on any atom is 0.373 e. The van der Waals surface area contributed by atoms with Crippen LogP contribution in [0.3, 0.4) is 0 Å². The zero-order chi connectivity index (χ0) is 15.8. The molecule has 0 aliphatic carbocycles. The summed E-state index contributed by atoms with van der Waals surface area (Å²) in [6, 6.07) is 13.8. The standard InChI is InChI=1S/C16H16O2.CO2/c1-11-4-5-15(10-12(11)2)13-6-8-14(9-7-13)16(17)18-3;2-1-3/h4-10H,1-3H3;. The van der Waals surface area contributed by atoms with Crippen molar-refractivity contribution in [3.63, 3.8) is 0 Å². The molecule has 0 spiro atoms. The second-order valence-electron chi connectivity index (χ2n) is 4.45. The second kappa shape index (κ2) is 7.78. The molecule has 0 aliphatic heterocycles. The SMILES string of the molecule is COC(=O)c1ccc(-c2ccc(C)c(C)c2)cc1.O=C=O. The normalized spacial score (nSPS) is 9.10. The van der Waals surface area contributed by atoms with E-state index in [0.717, 1.165) is 11.1 Å². The quantitative estimate of drug-likeness (QED) is 0.795. The first-order valence-electron chi connectivity index (χ1n) is 6.28. The Labute approximate surface area is 123 Å². The smallest absolute Gasteiger partial charge is 0.373 e. The lowest BCUT2D eigenvalue weighted by Gasteiger charge is -2.06. The molecule has 4 nitrogen and oxygen atoms in total. The minimum Gasteiger partial charge on any atom is -0.465 e. The van der Waals surface area contributed by atoms with Crippen molar-refractivity contribution >= 4 is 12.1 Å². The monoisotopic (exact) mass is 284 g/mol. The van der Waals surface area contributed by atoms with Crippen molar-refractivity contribution in [1.29, 1.82) is 0 Å². The minimum absolute atomic E-state index is 0.250. The fourth-order valence-electron chi connectivity index (χ4n) is 1.84. The van der Waals surface area contributed by atoms with Crippen molar-refractivity contribution in [2.45, 2.75) is 13.8 Å². The zero-order valence-corrected chi connectivity index (χ0v) is 12.2. The van der Waals surface area contributed by atoms with Gasteiger partial charge in [0.25, 0.3) is 0 Å². The third kappa shape index (κ3) is 4.41. The minimum atomic E-state index is -0.304. The third-order valence-electron chi connectivity index (χ3n) is 3.15. The molecule has 0 heterocycles. The number of ether oxygens (including phenoxy) is 1. The van der Waals surface area contributed by atoms with E-state index in [-0.39, 0.29) is 12.1 Å². The van der Waals surface area contributed by atoms with E-state index >= 15 is 0 Å². The lowest BCUT2D eigenvalue weighted by Crippen LogP contribution is -2.00. The van der Waals surface area contributed by atoms with Gasteiger partial charge in [-0.25, -0.2) is 4.79 Å². The number of esters is 1. The molecular weight excluding hydrogens is 268 g/mol. The Balaban J connectivity index is 0.000000677. The van der Waals surface area contributed by atoms with Gasteiger partial charge in [0.05, 0.1) is 12.7 Å². The van der Waals surface area contributed by atoms with Gasteiger partial charge in [0.1, 0.15) is 0 Å². The second-order valence-corrected chi connectivity index (χ2v) is 4.45. The van der Waals surface area contributed by atoms with Crippen LogP contribution in [-0.4, -0.2) is 19.2 Å². The van der Waals surface area contributed by atoms with Crippen molar-refractivity contribution in [2.24, 2.45) is 0 Å². The predicted octanol–water partition coefficient (Wildman–Crippen LogP) is 3.17. The van der Waals surface area contributed by atoms with Gasteiger partial charge < -0.3 is 4.74 Å². The number of methoxy groups -OCH3 is 1. The highest BCUT2D eigenvalue weighted by atomic mass is 16.5. The highest BCUT2D eigenvalue weighted by Gasteiger charge is 2.05. The van der Waals surface area contributed by atoms with Crippen LogP contribution in [0, 0.1) is 13.8 Å². The average Bonchev–Trinajstić information content (AvgIpc) is 2.50. The first-order valence-corrected chi connectivity index (χ1v) is 6.28. The topological polar surface area (TPSA) is 60.4 Å². The molecule has 0 bridgehead atoms. The number of aryl methyl sites for hydroxylation is 2. The maximum absolute atomic E-state index is 11.3. The van der Waals surface area contributed by atoms with Crippen LogP contribution in [0.15, 0.2) is 42.5 Å². The lowest BCUT2D eigenvalue weighted by molar-refractivity contribution is -0.191. The van der Waals surface area contributed by atoms with E-state index in [2.05, 4.69) is 36.8 Å². The van der Waals surface area contributed by atoms with Crippen LogP contribution >= 0.6 is 0 Å². The first-order chi connectivity index (χ1) is 10.0. The Hall–Kier alpha value is -2.71. The maximum atomic E-state index is 11.3. The Morgan fingerprint density at radius 2 is 1.43 bits per heavy atom. The molecule has 4 heteroatoms. The van der Waals surface area contributed by atoms with Crippen LogP contribution in [0.1, 0.15) is 21.5 Å². The number of carbonyl (C=O) groups excluding carboxylic acids is 3. The zero-order valence-electron chi connectivity index (χ0n) is 12.2. The van der Waals surface area contributed by atoms with Crippen molar-refractivity contribution < 1.29 is 19.1 Å². The molecule has 0 unspecified atom stereocenters. The Morgan fingerprint density at radius 1 is 0.905 bits per heavy atom. The molecule has 0 N–H and O–H groups in total. The summed E-state index contributed by atoms with van der Waals surface area (Å²) in [5, 5.41) is 0. The molecule has 2 rings (SSSR count). The Kier molecular flexibility index (Phi) is 6.05. The summed E-state index contributed by atoms with van der Waals surface area (Å²) in [4.78, 5) is 27.6. The summed E-state index contributed by atoms with van der Waals surface area (Å²) in [5.74, 6) is -0.304. The van der Waals surface area contributed by atoms with Crippen LogP contribution < -0.4 is 0 Å². The van der Waals surface area contributed by atoms with Crippen LogP contribution in [0.2, 0.25) is 0 Å². The molecule has 0 aliphatic rings. The molecule has 2 aromatic carbocycles. The average molecular weight is 284 g/mol. The van der Waals surface area contributed by atoms with Gasteiger partial charge in [0.2, 0.25) is 0 Å². The molecule has 0 fully saturated rings. The van der Waals surface area contributed by atoms with E-state index < -0.39 is 0 Å². The number of benzene rings is 2. The van der Waals surface area contributed by atoms with Gasteiger partial charge in [-0.15, -0.1) is 0 Å². The Morgan fingerprint density at radius 3 is 1.90 bits per heavy atom. The van der Waals surface area contributed by atoms with Crippen LogP contribution in [0.5, 0.6) is 0 Å². The van der Waals surface area contributed by atoms with Gasteiger partial charge in [0, 0.05) is 0 Å². The molecular formula is C17H16O4. The summed E-state index contributed by atoms with van der Waals surface area (Å²) < 4.78 is 4.68. The first kappa shape index (κ1) is 16.3. The van der Waals surface area contributed by atoms with Gasteiger partial charge in [0.15, 0.2) is 0 Å². The highest BCUT2D eigenvalue weighted by Crippen LogP contribution is 2.22. The van der Waals surface area contributed by atoms with Gasteiger partial charge >= 0.3 is 12.1 Å². The van der Waals surface area contributed by atoms with Crippen LogP contribution in [0.25, 0.3) is 11.1 Å². The highest BCUT2D eigenvalue weighted by molar-refractivity contribution is 5.89. The molecule has 0 radical (unpaired) electrons. The van der Waals surface area contributed by atoms with Crippen molar-refractivity contribution in [3.8, 4) is 11.1 Å². The summed E-state index contributed by atoms with van der Waals surface area (Å²) in [5.41, 5.74) is 5.39. The molecule has 0 amide bonds. The van der Waals surface area contributed by atoms with E-state index in [9.17, 15) is 4.79 Å². The van der Waals surface area contributed by atoms with E-state index in [4.69, 9.17) is 9.59 Å². The molecule has 0 saturated heterocycles. The molecule has 2 aromatic rings. The summed E-state index contributed by atoms with van der Waals surface area (Å²) in [6.45, 7) is 4.20. The van der Waals surface area contributed by atoms with Crippen LogP contribution in [0.4, 0.5) is 0 Å². The van der Waals surface area contributed by atoms with E-state index in [1.807, 2.05) is 12.1 Å². The molecule has 0 atom stereocenters. The van der Waals surface area contributed by atoms with Crippen molar-refractivity contribution in [3.05, 3.63) is 59.2 Å². The number of rotatable bonds is 2. The van der Waals surface area contributed by atoms with Gasteiger partial charge in [-0.3, -0.25) is 0 Å². The predicted molar refractivity (Wildman–Crippen MR) is 77.7 cm³/mol. The summed E-state index contributed by atoms with van der Waals surface area (Å²) in [7, 11) is 1.39. The Bertz CT molecular complexity index is 651. The van der Waals surface area contributed by atoms with Crippen molar-refractivity contribution in [1.82, 2.24) is 0 Å². The van der Waals surface area contributed by atoms with Gasteiger partial charge in [-0.2, -0.15) is 9.59 Å². The van der Waals surface area contributed by atoms with E-state index in [1.54, 1.807) is 12.1 Å². The lowest BCUT2D eigenvalue weighted by atomic mass is 10.00. The fourth-order valence-corrected chi connectivity index (χ4v) is 1.84. The fraction of sp³-hybridized carbons (Fsp3) is 0.176. The van der Waals surface area contributed by atoms with Gasteiger partial charge in [-0.1, -0.05) is 30.3 Å². The molecule has 0 saturated carbocycles.